The van der Waals surface area contributed by atoms with Gasteiger partial charge >= 0.3 is 0 Å². The fourth-order valence-electron chi connectivity index (χ4n) is 1.95. The number of anilines is 1. The van der Waals surface area contributed by atoms with Crippen molar-refractivity contribution >= 4 is 5.69 Å². The Morgan fingerprint density at radius 1 is 1.18 bits per heavy atom. The van der Waals surface area contributed by atoms with Crippen LogP contribution in [0.15, 0.2) is 30.3 Å². The first-order chi connectivity index (χ1) is 8.45. The van der Waals surface area contributed by atoms with Gasteiger partial charge in [0.05, 0.1) is 6.10 Å². The molecule has 1 aliphatic heterocycles. The first-order valence-corrected chi connectivity index (χ1v) is 6.43. The standard InChI is InChI=1S/C14H21NO2/c1-2-5-13(6-3-1)15-9-4-10-17-14-7-11-16-12-8-14/h1-3,5-6,14-15H,4,7-12H2. The van der Waals surface area contributed by atoms with Crippen LogP contribution in [-0.4, -0.2) is 32.5 Å². The van der Waals surface area contributed by atoms with Crippen molar-refractivity contribution in [2.24, 2.45) is 0 Å². The quantitative estimate of drug-likeness (QED) is 0.769. The summed E-state index contributed by atoms with van der Waals surface area (Å²) in [5.41, 5.74) is 1.18. The molecule has 1 aromatic carbocycles. The largest absolute Gasteiger partial charge is 0.385 e. The summed E-state index contributed by atoms with van der Waals surface area (Å²) < 4.78 is 11.1. The predicted octanol–water partition coefficient (Wildman–Crippen LogP) is 2.68. The van der Waals surface area contributed by atoms with Crippen LogP contribution < -0.4 is 5.32 Å². The minimum absolute atomic E-state index is 0.417. The van der Waals surface area contributed by atoms with Crippen molar-refractivity contribution in [3.05, 3.63) is 30.3 Å². The van der Waals surface area contributed by atoms with E-state index in [1.807, 2.05) is 18.2 Å². The van der Waals surface area contributed by atoms with Gasteiger partial charge in [-0.1, -0.05) is 18.2 Å². The third-order valence-corrected chi connectivity index (χ3v) is 2.95. The molecule has 1 saturated heterocycles. The normalized spacial score (nSPS) is 16.9. The Kier molecular flexibility index (Phi) is 5.33. The molecule has 17 heavy (non-hydrogen) atoms. The van der Waals surface area contributed by atoms with Gasteiger partial charge in [0.15, 0.2) is 0 Å². The van der Waals surface area contributed by atoms with E-state index in [-0.39, 0.29) is 0 Å². The van der Waals surface area contributed by atoms with Gasteiger partial charge < -0.3 is 14.8 Å². The summed E-state index contributed by atoms with van der Waals surface area (Å²) >= 11 is 0. The molecule has 2 rings (SSSR count). The number of ether oxygens (including phenoxy) is 2. The summed E-state index contributed by atoms with van der Waals surface area (Å²) in [4.78, 5) is 0. The van der Waals surface area contributed by atoms with Gasteiger partial charge in [0, 0.05) is 32.1 Å². The highest BCUT2D eigenvalue weighted by Gasteiger charge is 2.13. The lowest BCUT2D eigenvalue weighted by Gasteiger charge is -2.22. The topological polar surface area (TPSA) is 30.5 Å². The molecule has 1 aromatic rings. The molecule has 0 amide bonds. The molecule has 1 N–H and O–H groups in total. The van der Waals surface area contributed by atoms with E-state index in [4.69, 9.17) is 9.47 Å². The minimum atomic E-state index is 0.417. The highest BCUT2D eigenvalue weighted by molar-refractivity contribution is 5.42. The van der Waals surface area contributed by atoms with Crippen LogP contribution in [0.4, 0.5) is 5.69 Å². The number of nitrogens with one attached hydrogen (secondary N) is 1. The predicted molar refractivity (Wildman–Crippen MR) is 69.3 cm³/mol. The molecule has 1 aliphatic rings. The molecule has 3 nitrogen and oxygen atoms in total. The molecular weight excluding hydrogens is 214 g/mol. The molecule has 94 valence electrons. The highest BCUT2D eigenvalue weighted by atomic mass is 16.5. The molecule has 0 saturated carbocycles. The number of rotatable bonds is 6. The third-order valence-electron chi connectivity index (χ3n) is 2.95. The number of hydrogen-bond acceptors (Lipinski definition) is 3. The summed E-state index contributed by atoms with van der Waals surface area (Å²) in [5.74, 6) is 0. The zero-order chi connectivity index (χ0) is 11.8. The van der Waals surface area contributed by atoms with Crippen LogP contribution in [0.5, 0.6) is 0 Å². The summed E-state index contributed by atoms with van der Waals surface area (Å²) in [7, 11) is 0. The van der Waals surface area contributed by atoms with Crippen LogP contribution in [0.2, 0.25) is 0 Å². The molecule has 0 atom stereocenters. The molecule has 1 fully saturated rings. The van der Waals surface area contributed by atoms with E-state index in [9.17, 15) is 0 Å². The second kappa shape index (κ2) is 7.30. The van der Waals surface area contributed by atoms with Gasteiger partial charge in [0.25, 0.3) is 0 Å². The van der Waals surface area contributed by atoms with Crippen molar-refractivity contribution in [3.63, 3.8) is 0 Å². The van der Waals surface area contributed by atoms with E-state index < -0.39 is 0 Å². The Hall–Kier alpha value is -1.06. The Morgan fingerprint density at radius 3 is 2.71 bits per heavy atom. The smallest absolute Gasteiger partial charge is 0.0619 e. The third kappa shape index (κ3) is 4.75. The average molecular weight is 235 g/mol. The zero-order valence-corrected chi connectivity index (χ0v) is 10.2. The molecule has 3 heteroatoms. The molecular formula is C14H21NO2. The van der Waals surface area contributed by atoms with Crippen LogP contribution in [0.3, 0.4) is 0 Å². The van der Waals surface area contributed by atoms with Crippen LogP contribution in [0, 0.1) is 0 Å². The van der Waals surface area contributed by atoms with E-state index in [2.05, 4.69) is 17.4 Å². The summed E-state index contributed by atoms with van der Waals surface area (Å²) in [5, 5.41) is 3.38. The van der Waals surface area contributed by atoms with Crippen molar-refractivity contribution in [1.82, 2.24) is 0 Å². The minimum Gasteiger partial charge on any atom is -0.385 e. The van der Waals surface area contributed by atoms with Crippen molar-refractivity contribution in [3.8, 4) is 0 Å². The van der Waals surface area contributed by atoms with Gasteiger partial charge in [0.1, 0.15) is 0 Å². The van der Waals surface area contributed by atoms with Gasteiger partial charge in [-0.3, -0.25) is 0 Å². The monoisotopic (exact) mass is 235 g/mol. The first kappa shape index (κ1) is 12.4. The molecule has 0 spiro atoms. The Bertz CT molecular complexity index is 296. The maximum atomic E-state index is 5.80. The summed E-state index contributed by atoms with van der Waals surface area (Å²) in [6, 6.07) is 10.3. The van der Waals surface area contributed by atoms with Gasteiger partial charge in [0.2, 0.25) is 0 Å². The van der Waals surface area contributed by atoms with Crippen LogP contribution in [-0.2, 0) is 9.47 Å². The SMILES string of the molecule is c1ccc(NCCCOC2CCOCC2)cc1. The van der Waals surface area contributed by atoms with Gasteiger partial charge in [-0.05, 0) is 31.4 Å². The van der Waals surface area contributed by atoms with E-state index >= 15 is 0 Å². The van der Waals surface area contributed by atoms with Gasteiger partial charge in [-0.15, -0.1) is 0 Å². The summed E-state index contributed by atoms with van der Waals surface area (Å²) in [6.07, 6.45) is 3.56. The zero-order valence-electron chi connectivity index (χ0n) is 10.2. The van der Waals surface area contributed by atoms with E-state index in [0.29, 0.717) is 6.10 Å². The first-order valence-electron chi connectivity index (χ1n) is 6.43. The molecule has 0 aromatic heterocycles. The van der Waals surface area contributed by atoms with E-state index in [1.54, 1.807) is 0 Å². The van der Waals surface area contributed by atoms with Crippen LogP contribution >= 0.6 is 0 Å². The maximum absolute atomic E-state index is 5.80. The second-order valence-corrected chi connectivity index (χ2v) is 4.33. The molecule has 1 heterocycles. The lowest BCUT2D eigenvalue weighted by atomic mass is 10.1. The summed E-state index contributed by atoms with van der Waals surface area (Å²) in [6.45, 7) is 3.51. The van der Waals surface area contributed by atoms with E-state index in [0.717, 1.165) is 45.6 Å². The van der Waals surface area contributed by atoms with Crippen molar-refractivity contribution in [2.45, 2.75) is 25.4 Å². The maximum Gasteiger partial charge on any atom is 0.0619 e. The Balaban J connectivity index is 1.51. The number of hydrogen-bond donors (Lipinski definition) is 1. The lowest BCUT2D eigenvalue weighted by molar-refractivity contribution is -0.0316. The van der Waals surface area contributed by atoms with Gasteiger partial charge in [-0.2, -0.15) is 0 Å². The lowest BCUT2D eigenvalue weighted by Crippen LogP contribution is -2.24. The fraction of sp³-hybridized carbons (Fsp3) is 0.571. The Labute approximate surface area is 103 Å². The average Bonchev–Trinajstić information content (AvgIpc) is 2.41. The van der Waals surface area contributed by atoms with E-state index in [1.165, 1.54) is 5.69 Å². The van der Waals surface area contributed by atoms with Crippen molar-refractivity contribution in [2.75, 3.05) is 31.7 Å². The van der Waals surface area contributed by atoms with Crippen LogP contribution in [0.1, 0.15) is 19.3 Å². The van der Waals surface area contributed by atoms with Gasteiger partial charge in [-0.25, -0.2) is 0 Å². The number of benzene rings is 1. The molecule has 0 radical (unpaired) electrons. The molecule has 0 unspecified atom stereocenters. The van der Waals surface area contributed by atoms with Crippen molar-refractivity contribution in [1.29, 1.82) is 0 Å². The molecule has 0 aliphatic carbocycles. The van der Waals surface area contributed by atoms with Crippen molar-refractivity contribution < 1.29 is 9.47 Å². The molecule has 0 bridgehead atoms. The second-order valence-electron chi connectivity index (χ2n) is 4.33. The van der Waals surface area contributed by atoms with Crippen LogP contribution in [0.25, 0.3) is 0 Å². The number of para-hydroxylation sites is 1. The fourth-order valence-corrected chi connectivity index (χ4v) is 1.95. The Morgan fingerprint density at radius 2 is 1.94 bits per heavy atom. The highest BCUT2D eigenvalue weighted by Crippen LogP contribution is 2.11.